The molecule has 0 spiro atoms. The van der Waals surface area contributed by atoms with E-state index in [1.807, 2.05) is 12.1 Å². The third-order valence-electron chi connectivity index (χ3n) is 6.85. The molecule has 3 aromatic rings. The van der Waals surface area contributed by atoms with E-state index < -0.39 is 0 Å². The van der Waals surface area contributed by atoms with Crippen molar-refractivity contribution < 1.29 is 4.74 Å². The van der Waals surface area contributed by atoms with Gasteiger partial charge in [0, 0.05) is 18.1 Å². The Morgan fingerprint density at radius 1 is 0.833 bits per heavy atom. The number of halogens is 1. The van der Waals surface area contributed by atoms with Crippen LogP contribution in [-0.4, -0.2) is 23.7 Å². The largest absolute Gasteiger partial charge is 0.355 e. The van der Waals surface area contributed by atoms with Crippen LogP contribution in [0.2, 0.25) is 5.02 Å². The SMILES string of the molecule is Clc1ccc(CO[C@@]2(C(c3ccccc3)c3ccccc3)CC3CCN2CC3)cc1. The molecule has 3 heterocycles. The van der Waals surface area contributed by atoms with Crippen molar-refractivity contribution in [2.45, 2.75) is 37.5 Å². The molecule has 0 unspecified atom stereocenters. The summed E-state index contributed by atoms with van der Waals surface area (Å²) in [5.41, 5.74) is 3.49. The van der Waals surface area contributed by atoms with Gasteiger partial charge < -0.3 is 4.74 Å². The Morgan fingerprint density at radius 3 is 1.90 bits per heavy atom. The molecular weight excluding hydrogens is 390 g/mol. The molecular formula is C27H28ClNO. The van der Waals surface area contributed by atoms with Gasteiger partial charge in [0.2, 0.25) is 0 Å². The van der Waals surface area contributed by atoms with Gasteiger partial charge in [0.1, 0.15) is 5.72 Å². The van der Waals surface area contributed by atoms with Gasteiger partial charge in [-0.3, -0.25) is 4.90 Å². The Kier molecular flexibility index (Phi) is 5.64. The fourth-order valence-corrected chi connectivity index (χ4v) is 5.51. The van der Waals surface area contributed by atoms with E-state index >= 15 is 0 Å². The van der Waals surface area contributed by atoms with Crippen LogP contribution < -0.4 is 0 Å². The molecule has 0 saturated carbocycles. The number of fused-ring (bicyclic) bond motifs is 3. The van der Waals surface area contributed by atoms with Crippen LogP contribution in [0.5, 0.6) is 0 Å². The lowest BCUT2D eigenvalue weighted by atomic mass is 9.71. The van der Waals surface area contributed by atoms with E-state index in [-0.39, 0.29) is 11.6 Å². The minimum absolute atomic E-state index is 0.176. The summed E-state index contributed by atoms with van der Waals surface area (Å²) in [6.45, 7) is 2.82. The number of hydrogen-bond acceptors (Lipinski definition) is 2. The fraction of sp³-hybridized carbons (Fsp3) is 0.333. The van der Waals surface area contributed by atoms with Gasteiger partial charge in [-0.15, -0.1) is 0 Å². The average Bonchev–Trinajstić information content (AvgIpc) is 2.81. The number of benzene rings is 3. The number of ether oxygens (including phenoxy) is 1. The predicted octanol–water partition coefficient (Wildman–Crippen LogP) is 6.50. The molecule has 6 rings (SSSR count). The van der Waals surface area contributed by atoms with Crippen LogP contribution in [0, 0.1) is 5.92 Å². The molecule has 3 aliphatic rings. The Hall–Kier alpha value is -2.13. The number of nitrogens with zero attached hydrogens (tertiary/aromatic N) is 1. The number of hydrogen-bond donors (Lipinski definition) is 0. The fourth-order valence-electron chi connectivity index (χ4n) is 5.39. The molecule has 0 N–H and O–H groups in total. The summed E-state index contributed by atoms with van der Waals surface area (Å²) in [5.74, 6) is 0.908. The van der Waals surface area contributed by atoms with Crippen molar-refractivity contribution in [3.05, 3.63) is 107 Å². The van der Waals surface area contributed by atoms with Gasteiger partial charge in [-0.2, -0.15) is 0 Å². The highest BCUT2D eigenvalue weighted by atomic mass is 35.5. The van der Waals surface area contributed by atoms with Gasteiger partial charge >= 0.3 is 0 Å². The van der Waals surface area contributed by atoms with E-state index in [4.69, 9.17) is 16.3 Å². The Bertz CT molecular complexity index is 912. The maximum absolute atomic E-state index is 6.98. The second-order valence-electron chi connectivity index (χ2n) is 8.65. The molecule has 2 nitrogen and oxygen atoms in total. The smallest absolute Gasteiger partial charge is 0.133 e. The van der Waals surface area contributed by atoms with Crippen LogP contribution in [0.15, 0.2) is 84.9 Å². The van der Waals surface area contributed by atoms with Crippen molar-refractivity contribution in [2.75, 3.05) is 13.1 Å². The Morgan fingerprint density at radius 2 is 1.40 bits per heavy atom. The summed E-state index contributed by atoms with van der Waals surface area (Å²) in [4.78, 5) is 2.62. The van der Waals surface area contributed by atoms with Crippen LogP contribution >= 0.6 is 11.6 Å². The lowest BCUT2D eigenvalue weighted by molar-refractivity contribution is -0.222. The Balaban J connectivity index is 1.57. The first-order valence-electron chi connectivity index (χ1n) is 11.0. The zero-order valence-corrected chi connectivity index (χ0v) is 18.0. The van der Waals surface area contributed by atoms with Crippen LogP contribution in [0.3, 0.4) is 0 Å². The van der Waals surface area contributed by atoms with Gasteiger partial charge in [0.25, 0.3) is 0 Å². The molecule has 30 heavy (non-hydrogen) atoms. The lowest BCUT2D eigenvalue weighted by Gasteiger charge is -2.57. The molecule has 3 aliphatic heterocycles. The molecule has 1 atom stereocenters. The monoisotopic (exact) mass is 417 g/mol. The van der Waals surface area contributed by atoms with Crippen LogP contribution in [0.4, 0.5) is 0 Å². The summed E-state index contributed by atoms with van der Waals surface area (Å²) in [6.07, 6.45) is 3.64. The summed E-state index contributed by atoms with van der Waals surface area (Å²) >= 11 is 6.10. The highest BCUT2D eigenvalue weighted by Gasteiger charge is 2.52. The molecule has 0 radical (unpaired) electrons. The normalized spacial score (nSPS) is 25.5. The lowest BCUT2D eigenvalue weighted by Crippen LogP contribution is -2.62. The first kappa shape index (κ1) is 19.8. The van der Waals surface area contributed by atoms with E-state index in [1.54, 1.807) is 0 Å². The maximum Gasteiger partial charge on any atom is 0.133 e. The van der Waals surface area contributed by atoms with Gasteiger partial charge in [-0.1, -0.05) is 84.4 Å². The topological polar surface area (TPSA) is 12.5 Å². The minimum atomic E-state index is -0.330. The van der Waals surface area contributed by atoms with Crippen molar-refractivity contribution >= 4 is 11.6 Å². The summed E-state index contributed by atoms with van der Waals surface area (Å²) in [7, 11) is 0. The highest BCUT2D eigenvalue weighted by molar-refractivity contribution is 6.30. The summed E-state index contributed by atoms with van der Waals surface area (Å²) < 4.78 is 6.98. The highest BCUT2D eigenvalue weighted by Crippen LogP contribution is 2.50. The van der Waals surface area contributed by atoms with E-state index in [0.29, 0.717) is 6.61 Å². The van der Waals surface area contributed by atoms with Gasteiger partial charge in [-0.25, -0.2) is 0 Å². The quantitative estimate of drug-likeness (QED) is 0.453. The number of rotatable bonds is 6. The zero-order chi connectivity index (χ0) is 20.4. The third kappa shape index (κ3) is 3.80. The molecule has 3 aromatic carbocycles. The maximum atomic E-state index is 6.98. The molecule has 3 heteroatoms. The first-order valence-corrected chi connectivity index (χ1v) is 11.4. The van der Waals surface area contributed by atoms with Crippen LogP contribution in [0.25, 0.3) is 0 Å². The molecule has 2 bridgehead atoms. The van der Waals surface area contributed by atoms with Gasteiger partial charge in [-0.05, 0) is 54.0 Å². The molecule has 154 valence electrons. The van der Waals surface area contributed by atoms with Crippen molar-refractivity contribution in [2.24, 2.45) is 5.92 Å². The van der Waals surface area contributed by atoms with Crippen LogP contribution in [0.1, 0.15) is 41.9 Å². The van der Waals surface area contributed by atoms with E-state index in [2.05, 4.69) is 77.7 Å². The van der Waals surface area contributed by atoms with Crippen molar-refractivity contribution in [3.8, 4) is 0 Å². The second-order valence-corrected chi connectivity index (χ2v) is 9.09. The van der Waals surface area contributed by atoms with Crippen molar-refractivity contribution in [3.63, 3.8) is 0 Å². The standard InChI is InChI=1S/C27H28ClNO/c28-25-13-11-22(12-14-25)20-30-27(19-21-15-17-29(27)18-16-21)26(23-7-3-1-4-8-23)24-9-5-2-6-10-24/h1-14,21,26H,15-20H2/t27-/m1/s1. The minimum Gasteiger partial charge on any atom is -0.355 e. The van der Waals surface area contributed by atoms with Crippen LogP contribution in [-0.2, 0) is 11.3 Å². The Labute approximate surface area is 184 Å². The molecule has 0 aromatic heterocycles. The number of piperidine rings is 3. The van der Waals surface area contributed by atoms with Gasteiger partial charge in [0.05, 0.1) is 12.5 Å². The van der Waals surface area contributed by atoms with Gasteiger partial charge in [0.15, 0.2) is 0 Å². The first-order chi connectivity index (χ1) is 14.7. The second kappa shape index (κ2) is 8.55. The predicted molar refractivity (Wildman–Crippen MR) is 123 cm³/mol. The van der Waals surface area contributed by atoms with E-state index in [9.17, 15) is 0 Å². The summed E-state index contributed by atoms with van der Waals surface area (Å²) in [6, 6.07) is 29.9. The zero-order valence-electron chi connectivity index (χ0n) is 17.2. The third-order valence-corrected chi connectivity index (χ3v) is 7.10. The molecule has 3 fully saturated rings. The van der Waals surface area contributed by atoms with E-state index in [0.717, 1.165) is 30.5 Å². The van der Waals surface area contributed by atoms with Crippen molar-refractivity contribution in [1.29, 1.82) is 0 Å². The molecule has 0 amide bonds. The summed E-state index contributed by atoms with van der Waals surface area (Å²) in [5, 5.41) is 0.764. The van der Waals surface area contributed by atoms with Crippen molar-refractivity contribution in [1.82, 2.24) is 4.90 Å². The molecule has 3 saturated heterocycles. The van der Waals surface area contributed by atoms with E-state index in [1.165, 1.54) is 29.5 Å². The average molecular weight is 418 g/mol. The molecule has 0 aliphatic carbocycles.